The van der Waals surface area contributed by atoms with Gasteiger partial charge in [0.15, 0.2) is 11.6 Å². The predicted octanol–water partition coefficient (Wildman–Crippen LogP) is 3.00. The Kier molecular flexibility index (Phi) is 4.19. The molecule has 140 valence electrons. The number of amides is 2. The SMILES string of the molecule is O=C(c1ccc2c(c1)CC[C@@]1(CCNC1=O)C2)N(O)c1ccc(F)c(F)c1. The van der Waals surface area contributed by atoms with Gasteiger partial charge in [-0.25, -0.2) is 8.78 Å². The van der Waals surface area contributed by atoms with E-state index < -0.39 is 17.5 Å². The van der Waals surface area contributed by atoms with Crippen molar-refractivity contribution in [3.63, 3.8) is 0 Å². The van der Waals surface area contributed by atoms with Crippen LogP contribution < -0.4 is 10.4 Å². The van der Waals surface area contributed by atoms with Gasteiger partial charge in [0, 0.05) is 18.2 Å². The van der Waals surface area contributed by atoms with Gasteiger partial charge in [-0.2, -0.15) is 5.06 Å². The maximum Gasteiger partial charge on any atom is 0.281 e. The fourth-order valence-electron chi connectivity index (χ4n) is 3.97. The molecular weight excluding hydrogens is 354 g/mol. The second kappa shape index (κ2) is 6.42. The highest BCUT2D eigenvalue weighted by Gasteiger charge is 2.44. The molecule has 5 nitrogen and oxygen atoms in total. The summed E-state index contributed by atoms with van der Waals surface area (Å²) in [6.45, 7) is 0.693. The topological polar surface area (TPSA) is 69.6 Å². The van der Waals surface area contributed by atoms with Crippen molar-refractivity contribution >= 4 is 17.5 Å². The summed E-state index contributed by atoms with van der Waals surface area (Å²) in [4.78, 5) is 24.7. The maximum absolute atomic E-state index is 13.4. The van der Waals surface area contributed by atoms with Crippen molar-refractivity contribution < 1.29 is 23.6 Å². The summed E-state index contributed by atoms with van der Waals surface area (Å²) in [5.41, 5.74) is 1.72. The molecule has 27 heavy (non-hydrogen) atoms. The Balaban J connectivity index is 1.58. The van der Waals surface area contributed by atoms with E-state index in [1.807, 2.05) is 0 Å². The van der Waals surface area contributed by atoms with Crippen molar-refractivity contribution in [2.75, 3.05) is 11.6 Å². The molecule has 0 unspecified atom stereocenters. The summed E-state index contributed by atoms with van der Waals surface area (Å²) < 4.78 is 26.4. The number of anilines is 1. The van der Waals surface area contributed by atoms with Crippen LogP contribution in [0.3, 0.4) is 0 Å². The second-order valence-corrected chi connectivity index (χ2v) is 7.16. The summed E-state index contributed by atoms with van der Waals surface area (Å²) in [5, 5.41) is 13.3. The molecule has 2 aromatic rings. The van der Waals surface area contributed by atoms with E-state index in [0.29, 0.717) is 24.4 Å². The van der Waals surface area contributed by atoms with Crippen molar-refractivity contribution in [2.45, 2.75) is 25.7 Å². The van der Waals surface area contributed by atoms with Gasteiger partial charge in [-0.15, -0.1) is 0 Å². The van der Waals surface area contributed by atoms with Crippen molar-refractivity contribution in [1.82, 2.24) is 5.32 Å². The second-order valence-electron chi connectivity index (χ2n) is 7.16. The third-order valence-corrected chi connectivity index (χ3v) is 5.57. The lowest BCUT2D eigenvalue weighted by Crippen LogP contribution is -2.36. The molecular formula is C20H18F2N2O3. The number of nitrogens with one attached hydrogen (secondary N) is 1. The Bertz CT molecular complexity index is 947. The van der Waals surface area contributed by atoms with E-state index in [-0.39, 0.29) is 22.6 Å². The number of fused-ring (bicyclic) bond motifs is 1. The largest absolute Gasteiger partial charge is 0.356 e. The van der Waals surface area contributed by atoms with Crippen LogP contribution in [-0.2, 0) is 17.6 Å². The van der Waals surface area contributed by atoms with Gasteiger partial charge in [0.25, 0.3) is 5.91 Å². The zero-order chi connectivity index (χ0) is 19.2. The fourth-order valence-corrected chi connectivity index (χ4v) is 3.97. The summed E-state index contributed by atoms with van der Waals surface area (Å²) >= 11 is 0. The minimum Gasteiger partial charge on any atom is -0.356 e. The number of hydrogen-bond acceptors (Lipinski definition) is 3. The molecule has 2 N–H and O–H groups in total. The first-order valence-electron chi connectivity index (χ1n) is 8.78. The standard InChI is InChI=1S/C20H18F2N2O3/c21-16-4-3-15(10-17(16)22)24(27)18(25)13-1-2-14-11-20(6-5-12(14)9-13)7-8-23-19(20)26/h1-4,9-10,27H,5-8,11H2,(H,23,26)/t20-/m1/s1. The van der Waals surface area contributed by atoms with E-state index in [9.17, 15) is 23.6 Å². The highest BCUT2D eigenvalue weighted by atomic mass is 19.2. The number of hydroxylamine groups is 1. The number of aryl methyl sites for hydroxylation is 1. The van der Waals surface area contributed by atoms with Crippen LogP contribution in [0.15, 0.2) is 36.4 Å². The molecule has 1 fully saturated rings. The third-order valence-electron chi connectivity index (χ3n) is 5.57. The molecule has 1 aliphatic heterocycles. The van der Waals surface area contributed by atoms with E-state index >= 15 is 0 Å². The number of rotatable bonds is 2. The normalized spacial score (nSPS) is 21.1. The molecule has 1 saturated heterocycles. The van der Waals surface area contributed by atoms with Crippen LogP contribution >= 0.6 is 0 Å². The van der Waals surface area contributed by atoms with Crippen LogP contribution in [0.1, 0.15) is 34.3 Å². The van der Waals surface area contributed by atoms with E-state index in [2.05, 4.69) is 5.32 Å². The van der Waals surface area contributed by atoms with Crippen LogP contribution in [0.4, 0.5) is 14.5 Å². The van der Waals surface area contributed by atoms with Crippen LogP contribution in [0.25, 0.3) is 0 Å². The first kappa shape index (κ1) is 17.6. The molecule has 2 amide bonds. The molecule has 2 aliphatic rings. The van der Waals surface area contributed by atoms with Crippen LogP contribution in [0.5, 0.6) is 0 Å². The molecule has 4 rings (SSSR count). The smallest absolute Gasteiger partial charge is 0.281 e. The lowest BCUT2D eigenvalue weighted by molar-refractivity contribution is -0.128. The summed E-state index contributed by atoms with van der Waals surface area (Å²) in [6.07, 6.45) is 2.83. The summed E-state index contributed by atoms with van der Waals surface area (Å²) in [6, 6.07) is 7.80. The zero-order valence-corrected chi connectivity index (χ0v) is 14.5. The molecule has 0 radical (unpaired) electrons. The van der Waals surface area contributed by atoms with Crippen molar-refractivity contribution in [3.8, 4) is 0 Å². The first-order chi connectivity index (χ1) is 12.9. The zero-order valence-electron chi connectivity index (χ0n) is 14.5. The highest BCUT2D eigenvalue weighted by Crippen LogP contribution is 2.41. The van der Waals surface area contributed by atoms with Gasteiger partial charge in [-0.1, -0.05) is 6.07 Å². The Labute approximate surface area is 154 Å². The third kappa shape index (κ3) is 2.98. The van der Waals surface area contributed by atoms with Crippen molar-refractivity contribution in [1.29, 1.82) is 0 Å². The van der Waals surface area contributed by atoms with Gasteiger partial charge in [-0.05, 0) is 61.1 Å². The van der Waals surface area contributed by atoms with E-state index in [0.717, 1.165) is 42.2 Å². The molecule has 1 spiro atoms. The van der Waals surface area contributed by atoms with Gasteiger partial charge in [0.2, 0.25) is 5.91 Å². The number of halogens is 2. The average molecular weight is 372 g/mol. The first-order valence-corrected chi connectivity index (χ1v) is 8.78. The van der Waals surface area contributed by atoms with Crippen LogP contribution in [-0.4, -0.2) is 23.6 Å². The van der Waals surface area contributed by atoms with Gasteiger partial charge in [0.1, 0.15) is 0 Å². The number of carbonyl (C=O) groups excluding carboxylic acids is 2. The molecule has 7 heteroatoms. The lowest BCUT2D eigenvalue weighted by atomic mass is 9.70. The average Bonchev–Trinajstić information content (AvgIpc) is 3.02. The number of hydrogen-bond donors (Lipinski definition) is 2. The van der Waals surface area contributed by atoms with E-state index in [1.54, 1.807) is 18.2 Å². The van der Waals surface area contributed by atoms with Crippen LogP contribution in [0.2, 0.25) is 0 Å². The summed E-state index contributed by atoms with van der Waals surface area (Å²) in [7, 11) is 0. The van der Waals surface area contributed by atoms with Gasteiger partial charge >= 0.3 is 0 Å². The molecule has 1 heterocycles. The monoisotopic (exact) mass is 372 g/mol. The molecule has 0 bridgehead atoms. The Morgan fingerprint density at radius 1 is 1.07 bits per heavy atom. The van der Waals surface area contributed by atoms with Crippen molar-refractivity contribution in [3.05, 3.63) is 64.7 Å². The molecule has 0 saturated carbocycles. The number of nitrogens with zero attached hydrogens (tertiary/aromatic N) is 1. The Hall–Kier alpha value is -2.80. The van der Waals surface area contributed by atoms with Gasteiger partial charge in [0.05, 0.1) is 11.1 Å². The predicted molar refractivity (Wildman–Crippen MR) is 93.5 cm³/mol. The summed E-state index contributed by atoms with van der Waals surface area (Å²) in [5.74, 6) is -2.85. The minimum absolute atomic E-state index is 0.0909. The Morgan fingerprint density at radius 3 is 2.59 bits per heavy atom. The van der Waals surface area contributed by atoms with Gasteiger partial charge in [-0.3, -0.25) is 14.8 Å². The lowest BCUT2D eigenvalue weighted by Gasteiger charge is -2.32. The minimum atomic E-state index is -1.15. The van der Waals surface area contributed by atoms with E-state index in [4.69, 9.17) is 0 Å². The van der Waals surface area contributed by atoms with Crippen LogP contribution in [0, 0.1) is 17.0 Å². The fraction of sp³-hybridized carbons (Fsp3) is 0.300. The molecule has 0 aromatic heterocycles. The Morgan fingerprint density at radius 2 is 1.89 bits per heavy atom. The highest BCUT2D eigenvalue weighted by molar-refractivity contribution is 6.04. The van der Waals surface area contributed by atoms with Gasteiger partial charge < -0.3 is 5.32 Å². The maximum atomic E-state index is 13.4. The number of carbonyl (C=O) groups is 2. The molecule has 2 aromatic carbocycles. The van der Waals surface area contributed by atoms with E-state index in [1.165, 1.54) is 0 Å². The van der Waals surface area contributed by atoms with Crippen molar-refractivity contribution in [2.24, 2.45) is 5.41 Å². The molecule has 1 atom stereocenters. The number of benzene rings is 2. The molecule has 1 aliphatic carbocycles. The quantitative estimate of drug-likeness (QED) is 0.629.